The predicted molar refractivity (Wildman–Crippen MR) is 109 cm³/mol. The quantitative estimate of drug-likeness (QED) is 0.680. The molecule has 1 N–H and O–H groups in total. The summed E-state index contributed by atoms with van der Waals surface area (Å²) in [5, 5.41) is 0. The number of pyridine rings is 1. The second kappa shape index (κ2) is 6.80. The van der Waals surface area contributed by atoms with Crippen molar-refractivity contribution in [2.24, 2.45) is 5.41 Å². The van der Waals surface area contributed by atoms with E-state index in [1.807, 2.05) is 12.1 Å². The van der Waals surface area contributed by atoms with Crippen LogP contribution in [0.4, 0.5) is 0 Å². The fourth-order valence-electron chi connectivity index (χ4n) is 4.17. The smallest absolute Gasteiger partial charge is 0.165 e. The molecule has 1 aliphatic carbocycles. The number of rotatable bonds is 4. The lowest BCUT2D eigenvalue weighted by Crippen LogP contribution is -2.27. The van der Waals surface area contributed by atoms with E-state index < -0.39 is 0 Å². The highest BCUT2D eigenvalue weighted by atomic mass is 16.1. The minimum absolute atomic E-state index is 0.00446. The maximum Gasteiger partial charge on any atom is 0.165 e. The molecule has 3 aromatic rings. The minimum atomic E-state index is 0.00446. The maximum absolute atomic E-state index is 13.0. The van der Waals surface area contributed by atoms with Gasteiger partial charge in [-0.25, -0.2) is 0 Å². The van der Waals surface area contributed by atoms with Gasteiger partial charge in [-0.2, -0.15) is 0 Å². The number of nitrogens with zero attached hydrogens (tertiary/aromatic N) is 1. The Balaban J connectivity index is 1.83. The number of aryl methyl sites for hydroxylation is 1. The van der Waals surface area contributed by atoms with Crippen LogP contribution in [-0.4, -0.2) is 15.8 Å². The molecule has 3 nitrogen and oxygen atoms in total. The number of H-pyrrole nitrogens is 1. The third-order valence-electron chi connectivity index (χ3n) is 5.54. The Morgan fingerprint density at radius 3 is 2.33 bits per heavy atom. The predicted octanol–water partition coefficient (Wildman–Crippen LogP) is 5.39. The maximum atomic E-state index is 13.0. The van der Waals surface area contributed by atoms with Crippen LogP contribution in [0.2, 0.25) is 0 Å². The van der Waals surface area contributed by atoms with Crippen molar-refractivity contribution in [2.45, 2.75) is 46.5 Å². The molecule has 1 aliphatic rings. The molecule has 0 aliphatic heterocycles. The summed E-state index contributed by atoms with van der Waals surface area (Å²) in [5.41, 5.74) is 7.86. The molecule has 0 radical (unpaired) electrons. The second-order valence-corrected chi connectivity index (χ2v) is 8.36. The lowest BCUT2D eigenvalue weighted by atomic mass is 9.75. The van der Waals surface area contributed by atoms with E-state index in [1.165, 1.54) is 11.1 Å². The Bertz CT molecular complexity index is 966. The molecule has 0 atom stereocenters. The monoisotopic (exact) mass is 358 g/mol. The number of benzene rings is 1. The third kappa shape index (κ3) is 3.46. The molecule has 0 unspecified atom stereocenters. The fraction of sp³-hybridized carbons (Fsp3) is 0.333. The van der Waals surface area contributed by atoms with Crippen molar-refractivity contribution >= 4 is 5.78 Å². The molecule has 0 saturated carbocycles. The highest BCUT2D eigenvalue weighted by molar-refractivity contribution is 6.02. The number of carbonyl (C=O) groups is 1. The Labute approximate surface area is 160 Å². The van der Waals surface area contributed by atoms with Gasteiger partial charge in [-0.3, -0.25) is 9.78 Å². The first kappa shape index (κ1) is 17.7. The van der Waals surface area contributed by atoms with Crippen LogP contribution in [0.1, 0.15) is 59.9 Å². The Hall–Kier alpha value is -2.68. The van der Waals surface area contributed by atoms with Crippen molar-refractivity contribution < 1.29 is 4.79 Å². The standard InChI is InChI=1S/C24H26N2O/c1-4-16-5-7-17(8-6-16)13-19-22-20(14-24(2,3)15-21(22)27)26-23(19)18-9-11-25-12-10-18/h5-12,26H,4,13-15H2,1-3H3. The van der Waals surface area contributed by atoms with Gasteiger partial charge in [-0.1, -0.05) is 45.0 Å². The molecule has 138 valence electrons. The van der Waals surface area contributed by atoms with E-state index in [2.05, 4.69) is 55.0 Å². The summed E-state index contributed by atoms with van der Waals surface area (Å²) in [5.74, 6) is 0.262. The van der Waals surface area contributed by atoms with Crippen LogP contribution < -0.4 is 0 Å². The van der Waals surface area contributed by atoms with Gasteiger partial charge in [0.15, 0.2) is 5.78 Å². The largest absolute Gasteiger partial charge is 0.358 e. The van der Waals surface area contributed by atoms with Crippen molar-refractivity contribution in [1.29, 1.82) is 0 Å². The van der Waals surface area contributed by atoms with Gasteiger partial charge in [0.05, 0.1) is 5.69 Å². The lowest BCUT2D eigenvalue weighted by molar-refractivity contribution is 0.0911. The van der Waals surface area contributed by atoms with Gasteiger partial charge < -0.3 is 4.98 Å². The molecule has 0 saturated heterocycles. The number of ketones is 1. The summed E-state index contributed by atoms with van der Waals surface area (Å²) < 4.78 is 0. The zero-order valence-corrected chi connectivity index (χ0v) is 16.3. The van der Waals surface area contributed by atoms with Crippen molar-refractivity contribution in [2.75, 3.05) is 0 Å². The molecular weight excluding hydrogens is 332 g/mol. The molecule has 3 heteroatoms. The Morgan fingerprint density at radius 1 is 1.00 bits per heavy atom. The van der Waals surface area contributed by atoms with Crippen LogP contribution in [0.25, 0.3) is 11.3 Å². The second-order valence-electron chi connectivity index (χ2n) is 8.36. The zero-order chi connectivity index (χ0) is 19.0. The molecule has 27 heavy (non-hydrogen) atoms. The highest BCUT2D eigenvalue weighted by Gasteiger charge is 2.35. The average molecular weight is 358 g/mol. The van der Waals surface area contributed by atoms with Crippen molar-refractivity contribution in [3.63, 3.8) is 0 Å². The number of aromatic nitrogens is 2. The molecule has 2 aromatic heterocycles. The number of fused-ring (bicyclic) bond motifs is 1. The molecule has 1 aromatic carbocycles. The molecule has 0 bridgehead atoms. The number of carbonyl (C=O) groups excluding carboxylic acids is 1. The summed E-state index contributed by atoms with van der Waals surface area (Å²) in [6.07, 6.45) is 6.92. The van der Waals surface area contributed by atoms with E-state index in [4.69, 9.17) is 0 Å². The lowest BCUT2D eigenvalue weighted by Gasteiger charge is -2.28. The molecule has 2 heterocycles. The summed E-state index contributed by atoms with van der Waals surface area (Å²) in [7, 11) is 0. The van der Waals surface area contributed by atoms with Crippen LogP contribution >= 0.6 is 0 Å². The number of nitrogens with one attached hydrogen (secondary N) is 1. The Morgan fingerprint density at radius 2 is 1.67 bits per heavy atom. The van der Waals surface area contributed by atoms with Crippen LogP contribution in [0.15, 0.2) is 48.8 Å². The number of Topliss-reactive ketones (excluding diaryl/α,β-unsaturated/α-hetero) is 1. The number of hydrogen-bond donors (Lipinski definition) is 1. The van der Waals surface area contributed by atoms with Crippen molar-refractivity contribution in [1.82, 2.24) is 9.97 Å². The molecule has 0 spiro atoms. The van der Waals surface area contributed by atoms with E-state index in [1.54, 1.807) is 12.4 Å². The summed E-state index contributed by atoms with van der Waals surface area (Å²) in [6.45, 7) is 6.51. The van der Waals surface area contributed by atoms with Gasteiger partial charge in [0, 0.05) is 42.1 Å². The van der Waals surface area contributed by atoms with E-state index in [0.29, 0.717) is 6.42 Å². The average Bonchev–Trinajstić information content (AvgIpc) is 3.00. The first-order chi connectivity index (χ1) is 13.0. The van der Waals surface area contributed by atoms with Gasteiger partial charge in [0.25, 0.3) is 0 Å². The van der Waals surface area contributed by atoms with Gasteiger partial charge in [-0.15, -0.1) is 0 Å². The van der Waals surface area contributed by atoms with Gasteiger partial charge in [0.1, 0.15) is 0 Å². The van der Waals surface area contributed by atoms with E-state index in [0.717, 1.165) is 47.3 Å². The Kier molecular flexibility index (Phi) is 4.47. The topological polar surface area (TPSA) is 45.8 Å². The van der Waals surface area contributed by atoms with E-state index in [9.17, 15) is 4.79 Å². The molecule has 4 rings (SSSR count). The summed E-state index contributed by atoms with van der Waals surface area (Å²) in [4.78, 5) is 20.8. The SMILES string of the molecule is CCc1ccc(Cc2c(-c3ccncc3)[nH]c3c2C(=O)CC(C)(C)C3)cc1. The summed E-state index contributed by atoms with van der Waals surface area (Å²) in [6, 6.07) is 12.8. The zero-order valence-electron chi connectivity index (χ0n) is 16.3. The third-order valence-corrected chi connectivity index (χ3v) is 5.54. The fourth-order valence-corrected chi connectivity index (χ4v) is 4.17. The first-order valence-electron chi connectivity index (χ1n) is 9.72. The number of aromatic amines is 1. The minimum Gasteiger partial charge on any atom is -0.358 e. The van der Waals surface area contributed by atoms with Crippen LogP contribution in [0.5, 0.6) is 0 Å². The number of hydrogen-bond acceptors (Lipinski definition) is 2. The molecular formula is C24H26N2O. The van der Waals surface area contributed by atoms with E-state index in [-0.39, 0.29) is 11.2 Å². The van der Waals surface area contributed by atoms with Gasteiger partial charge >= 0.3 is 0 Å². The van der Waals surface area contributed by atoms with Gasteiger partial charge in [-0.05, 0) is 47.1 Å². The highest BCUT2D eigenvalue weighted by Crippen LogP contribution is 2.40. The normalized spacial score (nSPS) is 15.6. The summed E-state index contributed by atoms with van der Waals surface area (Å²) >= 11 is 0. The van der Waals surface area contributed by atoms with Gasteiger partial charge in [0.2, 0.25) is 0 Å². The van der Waals surface area contributed by atoms with Crippen LogP contribution in [-0.2, 0) is 19.3 Å². The van der Waals surface area contributed by atoms with Crippen LogP contribution in [0.3, 0.4) is 0 Å². The van der Waals surface area contributed by atoms with Crippen molar-refractivity contribution in [3.8, 4) is 11.3 Å². The molecule has 0 fully saturated rings. The van der Waals surface area contributed by atoms with E-state index >= 15 is 0 Å². The van der Waals surface area contributed by atoms with Crippen molar-refractivity contribution in [3.05, 3.63) is 76.7 Å². The molecule has 0 amide bonds. The first-order valence-corrected chi connectivity index (χ1v) is 9.72. The van der Waals surface area contributed by atoms with Crippen LogP contribution in [0, 0.1) is 5.41 Å².